The average molecular weight is 270 g/mol. The molecule has 104 valence electrons. The number of carbonyl (C=O) groups excluding carboxylic acids is 1. The molecule has 0 atom stereocenters. The van der Waals surface area contributed by atoms with Crippen molar-refractivity contribution in [1.29, 1.82) is 0 Å². The van der Waals surface area contributed by atoms with Crippen molar-refractivity contribution in [2.24, 2.45) is 5.84 Å². The lowest BCUT2D eigenvalue weighted by molar-refractivity contribution is 0.0953. The van der Waals surface area contributed by atoms with E-state index in [-0.39, 0.29) is 5.91 Å². The van der Waals surface area contributed by atoms with Crippen molar-refractivity contribution >= 4 is 11.6 Å². The molecule has 0 radical (unpaired) electrons. The molecule has 0 saturated heterocycles. The highest BCUT2D eigenvalue weighted by Crippen LogP contribution is 2.19. The number of nitrogens with two attached hydrogens (primary N) is 1. The first-order valence-electron chi connectivity index (χ1n) is 6.34. The molecule has 2 rings (SSSR count). The second kappa shape index (κ2) is 6.16. The Morgan fingerprint density at radius 3 is 2.65 bits per heavy atom. The van der Waals surface area contributed by atoms with Crippen molar-refractivity contribution in [2.75, 3.05) is 11.9 Å². The minimum Gasteiger partial charge on any atom is -0.368 e. The second-order valence-electron chi connectivity index (χ2n) is 4.65. The molecule has 1 amide bonds. The number of para-hydroxylation sites is 1. The van der Waals surface area contributed by atoms with Gasteiger partial charge in [-0.15, -0.1) is 0 Å². The van der Waals surface area contributed by atoms with E-state index in [9.17, 15) is 4.79 Å². The smallest absolute Gasteiger partial charge is 0.266 e. The fraction of sp³-hybridized carbons (Fsp3) is 0.200. The van der Waals surface area contributed by atoms with Gasteiger partial charge in [-0.25, -0.2) is 5.84 Å². The molecule has 0 bridgehead atoms. The van der Waals surface area contributed by atoms with Gasteiger partial charge in [-0.3, -0.25) is 15.2 Å². The van der Waals surface area contributed by atoms with E-state index in [2.05, 4.69) is 34.4 Å². The molecular weight excluding hydrogens is 252 g/mol. The van der Waals surface area contributed by atoms with E-state index in [1.165, 1.54) is 11.8 Å². The summed E-state index contributed by atoms with van der Waals surface area (Å²) in [4.78, 5) is 17.7. The number of hydrogen-bond acceptors (Lipinski definition) is 4. The van der Waals surface area contributed by atoms with Crippen molar-refractivity contribution < 1.29 is 4.79 Å². The molecule has 0 aliphatic carbocycles. The minimum atomic E-state index is -0.337. The Kier molecular flexibility index (Phi) is 4.32. The lowest BCUT2D eigenvalue weighted by Gasteiger charge is -2.21. The number of aryl methyl sites for hydroxylation is 1. The van der Waals surface area contributed by atoms with Crippen LogP contribution < -0.4 is 16.2 Å². The van der Waals surface area contributed by atoms with Crippen LogP contribution in [0.3, 0.4) is 0 Å². The lowest BCUT2D eigenvalue weighted by atomic mass is 10.2. The molecule has 5 nitrogen and oxygen atoms in total. The quantitative estimate of drug-likeness (QED) is 0.503. The molecule has 0 saturated carbocycles. The van der Waals surface area contributed by atoms with E-state index in [0.29, 0.717) is 12.1 Å². The number of hydrogen-bond donors (Lipinski definition) is 2. The standard InChI is InChI=1S/C15H18N4O/c1-11-5-3-4-6-14(11)19(2)10-13-8-7-12(9-17-13)15(20)18-16/h3-9H,10,16H2,1-2H3,(H,18,20). The number of aromatic nitrogens is 1. The van der Waals surface area contributed by atoms with Gasteiger partial charge >= 0.3 is 0 Å². The third-order valence-corrected chi connectivity index (χ3v) is 3.14. The highest BCUT2D eigenvalue weighted by Gasteiger charge is 2.07. The highest BCUT2D eigenvalue weighted by molar-refractivity contribution is 5.93. The molecule has 3 N–H and O–H groups in total. The maximum absolute atomic E-state index is 11.3. The largest absolute Gasteiger partial charge is 0.368 e. The van der Waals surface area contributed by atoms with Gasteiger partial charge in [0.25, 0.3) is 5.91 Å². The van der Waals surface area contributed by atoms with E-state index in [1.54, 1.807) is 6.07 Å². The number of nitrogens with zero attached hydrogens (tertiary/aromatic N) is 2. The zero-order valence-electron chi connectivity index (χ0n) is 11.6. The van der Waals surface area contributed by atoms with Crippen LogP contribution in [0, 0.1) is 6.92 Å². The Morgan fingerprint density at radius 1 is 1.30 bits per heavy atom. The SMILES string of the molecule is Cc1ccccc1N(C)Cc1ccc(C(=O)NN)cn1. The molecule has 0 aliphatic rings. The molecule has 0 unspecified atom stereocenters. The summed E-state index contributed by atoms with van der Waals surface area (Å²) in [6.07, 6.45) is 1.53. The van der Waals surface area contributed by atoms with Gasteiger partial charge in [0.05, 0.1) is 17.8 Å². The van der Waals surface area contributed by atoms with Crippen LogP contribution in [0.2, 0.25) is 0 Å². The zero-order chi connectivity index (χ0) is 14.5. The summed E-state index contributed by atoms with van der Waals surface area (Å²) in [5, 5.41) is 0. The number of rotatable bonds is 4. The summed E-state index contributed by atoms with van der Waals surface area (Å²) in [5.41, 5.74) is 5.81. The number of carbonyl (C=O) groups is 1. The number of amides is 1. The van der Waals surface area contributed by atoms with Crippen LogP contribution in [-0.4, -0.2) is 17.9 Å². The predicted octanol–water partition coefficient (Wildman–Crippen LogP) is 1.63. The Labute approximate surface area is 118 Å². The normalized spacial score (nSPS) is 10.2. The Bertz CT molecular complexity index is 595. The molecular formula is C15H18N4O. The molecule has 20 heavy (non-hydrogen) atoms. The summed E-state index contributed by atoms with van der Waals surface area (Å²) in [6.45, 7) is 2.75. The van der Waals surface area contributed by atoms with Crippen LogP contribution in [0.5, 0.6) is 0 Å². The summed E-state index contributed by atoms with van der Waals surface area (Å²) in [6, 6.07) is 11.7. The van der Waals surface area contributed by atoms with Gasteiger partial charge in [-0.2, -0.15) is 0 Å². The van der Waals surface area contributed by atoms with Gasteiger partial charge in [-0.1, -0.05) is 18.2 Å². The third kappa shape index (κ3) is 3.13. The topological polar surface area (TPSA) is 71.2 Å². The number of hydrazine groups is 1. The van der Waals surface area contributed by atoms with Gasteiger partial charge in [0.1, 0.15) is 0 Å². The van der Waals surface area contributed by atoms with Gasteiger partial charge in [0.2, 0.25) is 0 Å². The maximum Gasteiger partial charge on any atom is 0.266 e. The maximum atomic E-state index is 11.3. The Balaban J connectivity index is 2.10. The molecule has 1 aromatic carbocycles. The van der Waals surface area contributed by atoms with E-state index < -0.39 is 0 Å². The molecule has 5 heteroatoms. The van der Waals surface area contributed by atoms with E-state index in [4.69, 9.17) is 5.84 Å². The summed E-state index contributed by atoms with van der Waals surface area (Å²) >= 11 is 0. The number of benzene rings is 1. The minimum absolute atomic E-state index is 0.337. The average Bonchev–Trinajstić information content (AvgIpc) is 2.47. The molecule has 0 fully saturated rings. The zero-order valence-corrected chi connectivity index (χ0v) is 11.6. The van der Waals surface area contributed by atoms with Crippen LogP contribution in [-0.2, 0) is 6.54 Å². The van der Waals surface area contributed by atoms with Crippen molar-refractivity contribution in [3.8, 4) is 0 Å². The first-order valence-corrected chi connectivity index (χ1v) is 6.34. The van der Waals surface area contributed by atoms with Crippen LogP contribution >= 0.6 is 0 Å². The predicted molar refractivity (Wildman–Crippen MR) is 79.2 cm³/mol. The number of nitrogen functional groups attached to an aromatic ring is 1. The number of anilines is 1. The van der Waals surface area contributed by atoms with Crippen molar-refractivity contribution in [3.05, 3.63) is 59.4 Å². The molecule has 2 aromatic rings. The fourth-order valence-corrected chi connectivity index (χ4v) is 2.06. The fourth-order valence-electron chi connectivity index (χ4n) is 2.06. The van der Waals surface area contributed by atoms with E-state index in [0.717, 1.165) is 11.4 Å². The summed E-state index contributed by atoms with van der Waals surface area (Å²) < 4.78 is 0. The molecule has 0 spiro atoms. The van der Waals surface area contributed by atoms with E-state index >= 15 is 0 Å². The summed E-state index contributed by atoms with van der Waals surface area (Å²) in [7, 11) is 2.02. The number of nitrogens with one attached hydrogen (secondary N) is 1. The lowest BCUT2D eigenvalue weighted by Crippen LogP contribution is -2.30. The monoisotopic (exact) mass is 270 g/mol. The second-order valence-corrected chi connectivity index (χ2v) is 4.65. The van der Waals surface area contributed by atoms with E-state index in [1.807, 2.05) is 25.2 Å². The van der Waals surface area contributed by atoms with Crippen LogP contribution in [0.1, 0.15) is 21.6 Å². The highest BCUT2D eigenvalue weighted by atomic mass is 16.2. The molecule has 1 aromatic heterocycles. The van der Waals surface area contributed by atoms with Gasteiger partial charge in [-0.05, 0) is 30.7 Å². The summed E-state index contributed by atoms with van der Waals surface area (Å²) in [5.74, 6) is 4.74. The van der Waals surface area contributed by atoms with Gasteiger partial charge in [0, 0.05) is 18.9 Å². The van der Waals surface area contributed by atoms with Crippen molar-refractivity contribution in [3.63, 3.8) is 0 Å². The van der Waals surface area contributed by atoms with Gasteiger partial charge in [0.15, 0.2) is 0 Å². The van der Waals surface area contributed by atoms with Crippen LogP contribution in [0.4, 0.5) is 5.69 Å². The van der Waals surface area contributed by atoms with Crippen LogP contribution in [0.25, 0.3) is 0 Å². The molecule has 1 heterocycles. The first kappa shape index (κ1) is 14.0. The molecule has 0 aliphatic heterocycles. The van der Waals surface area contributed by atoms with Crippen molar-refractivity contribution in [2.45, 2.75) is 13.5 Å². The Hall–Kier alpha value is -2.40. The van der Waals surface area contributed by atoms with Gasteiger partial charge < -0.3 is 4.90 Å². The van der Waals surface area contributed by atoms with Crippen molar-refractivity contribution in [1.82, 2.24) is 10.4 Å². The number of pyridine rings is 1. The Morgan fingerprint density at radius 2 is 2.05 bits per heavy atom. The third-order valence-electron chi connectivity index (χ3n) is 3.14. The van der Waals surface area contributed by atoms with Crippen LogP contribution in [0.15, 0.2) is 42.6 Å². The first-order chi connectivity index (χ1) is 9.61.